The SMILES string of the molecule is [B-]C(C)(F)C(F)F. The number of hydrogen-bond donors (Lipinski definition) is 0. The van der Waals surface area contributed by atoms with E-state index in [9.17, 15) is 13.2 Å². The minimum atomic E-state index is -3.09. The van der Waals surface area contributed by atoms with Crippen molar-refractivity contribution in [3.05, 3.63) is 0 Å². The van der Waals surface area contributed by atoms with Gasteiger partial charge in [-0.15, -0.1) is 0 Å². The van der Waals surface area contributed by atoms with Crippen molar-refractivity contribution in [2.24, 2.45) is 0 Å². The highest BCUT2D eigenvalue weighted by atomic mass is 19.3. The Labute approximate surface area is 41.1 Å². The average molecular weight is 108 g/mol. The smallest absolute Gasteiger partial charge is 0.230 e. The van der Waals surface area contributed by atoms with Crippen LogP contribution in [0.15, 0.2) is 0 Å². The lowest BCUT2D eigenvalue weighted by molar-refractivity contribution is 0.0329. The molecule has 0 nitrogen and oxygen atoms in total. The number of alkyl halides is 3. The van der Waals surface area contributed by atoms with E-state index in [1.165, 1.54) is 0 Å². The molecule has 7 heavy (non-hydrogen) atoms. The van der Waals surface area contributed by atoms with E-state index in [2.05, 4.69) is 7.85 Å². The normalized spacial score (nSPS) is 19.7. The largest absolute Gasteiger partial charge is 0.564 e. The van der Waals surface area contributed by atoms with Gasteiger partial charge in [-0.1, -0.05) is 12.5 Å². The standard InChI is InChI=1S/C3H4BF3/c1-3(4,7)2(5)6/h2H,1H3/q-1. The third kappa shape index (κ3) is 2.54. The van der Waals surface area contributed by atoms with Gasteiger partial charge in [0.05, 0.1) is 0 Å². The summed E-state index contributed by atoms with van der Waals surface area (Å²) in [6.07, 6.45) is -3.09. The molecule has 0 saturated carbocycles. The summed E-state index contributed by atoms with van der Waals surface area (Å²) >= 11 is 0. The topological polar surface area (TPSA) is 0 Å². The predicted molar refractivity (Wildman–Crippen MR) is 21.3 cm³/mol. The van der Waals surface area contributed by atoms with Gasteiger partial charge < -0.3 is 7.85 Å². The Morgan fingerprint density at radius 1 is 1.57 bits per heavy atom. The fourth-order valence-electron chi connectivity index (χ4n) is 0. The van der Waals surface area contributed by atoms with Crippen molar-refractivity contribution < 1.29 is 13.2 Å². The quantitative estimate of drug-likeness (QED) is 0.441. The molecule has 3 radical (unpaired) electrons. The van der Waals surface area contributed by atoms with Crippen LogP contribution in [-0.2, 0) is 0 Å². The van der Waals surface area contributed by atoms with Crippen LogP contribution in [0, 0.1) is 0 Å². The zero-order valence-electron chi connectivity index (χ0n) is 3.79. The van der Waals surface area contributed by atoms with Crippen LogP contribution in [-0.4, -0.2) is 19.8 Å². The zero-order valence-corrected chi connectivity index (χ0v) is 3.79. The second kappa shape index (κ2) is 1.76. The van der Waals surface area contributed by atoms with Crippen molar-refractivity contribution in [2.45, 2.75) is 18.9 Å². The third-order valence-electron chi connectivity index (χ3n) is 0.427. The molecule has 0 heterocycles. The molecule has 0 saturated heterocycles. The maximum absolute atomic E-state index is 11.5. The molecule has 0 amide bonds. The molecule has 0 spiro atoms. The Morgan fingerprint density at radius 3 is 1.71 bits per heavy atom. The molecule has 4 heteroatoms. The van der Waals surface area contributed by atoms with Crippen LogP contribution < -0.4 is 0 Å². The van der Waals surface area contributed by atoms with Gasteiger partial charge in [0.2, 0.25) is 6.43 Å². The highest BCUT2D eigenvalue weighted by Gasteiger charge is 2.14. The molecular weight excluding hydrogens is 104 g/mol. The Balaban J connectivity index is 3.54. The van der Waals surface area contributed by atoms with Gasteiger partial charge in [0, 0.05) is 0 Å². The average Bonchev–Trinajstić information content (AvgIpc) is 1.31. The molecule has 0 aliphatic rings. The van der Waals surface area contributed by atoms with E-state index >= 15 is 0 Å². The number of rotatable bonds is 1. The minimum absolute atomic E-state index is 0.623. The number of halogens is 3. The first-order valence-electron chi connectivity index (χ1n) is 1.70. The Hall–Kier alpha value is -0.145. The van der Waals surface area contributed by atoms with Gasteiger partial charge in [0.15, 0.2) is 0 Å². The molecule has 0 aromatic carbocycles. The van der Waals surface area contributed by atoms with Crippen molar-refractivity contribution in [3.8, 4) is 0 Å². The molecule has 41 valence electrons. The fourth-order valence-corrected chi connectivity index (χ4v) is 0. The molecule has 1 atom stereocenters. The summed E-state index contributed by atoms with van der Waals surface area (Å²) in [6, 6.07) is 0. The summed E-state index contributed by atoms with van der Waals surface area (Å²) in [4.78, 5) is 0. The van der Waals surface area contributed by atoms with Crippen molar-refractivity contribution in [1.82, 2.24) is 0 Å². The maximum Gasteiger partial charge on any atom is 0.230 e. The van der Waals surface area contributed by atoms with Crippen molar-refractivity contribution >= 4 is 7.85 Å². The lowest BCUT2D eigenvalue weighted by Gasteiger charge is -2.26. The van der Waals surface area contributed by atoms with Crippen LogP contribution in [0.1, 0.15) is 6.92 Å². The van der Waals surface area contributed by atoms with E-state index in [1.807, 2.05) is 0 Å². The fraction of sp³-hybridized carbons (Fsp3) is 1.00. The van der Waals surface area contributed by atoms with Crippen LogP contribution in [0.25, 0.3) is 0 Å². The van der Waals surface area contributed by atoms with Crippen molar-refractivity contribution in [2.75, 3.05) is 0 Å². The van der Waals surface area contributed by atoms with E-state index in [4.69, 9.17) is 0 Å². The summed E-state index contributed by atoms with van der Waals surface area (Å²) in [5, 5.41) is 0. The maximum atomic E-state index is 11.5. The third-order valence-corrected chi connectivity index (χ3v) is 0.427. The first kappa shape index (κ1) is 6.85. The van der Waals surface area contributed by atoms with Crippen LogP contribution in [0.2, 0.25) is 0 Å². The second-order valence-electron chi connectivity index (χ2n) is 1.45. The summed E-state index contributed by atoms with van der Waals surface area (Å²) in [6.45, 7) is 0.623. The van der Waals surface area contributed by atoms with Gasteiger partial charge in [-0.3, -0.25) is 4.39 Å². The molecule has 0 aliphatic carbocycles. The monoisotopic (exact) mass is 108 g/mol. The Bertz CT molecular complexity index is 55.7. The lowest BCUT2D eigenvalue weighted by atomic mass is 9.86. The van der Waals surface area contributed by atoms with Gasteiger partial charge in [-0.2, -0.15) is 0 Å². The highest BCUT2D eigenvalue weighted by molar-refractivity contribution is 6.14. The Morgan fingerprint density at radius 2 is 1.71 bits per heavy atom. The molecular formula is C3H4BF3-. The predicted octanol–water partition coefficient (Wildman–Crippen LogP) is 1.11. The highest BCUT2D eigenvalue weighted by Crippen LogP contribution is 2.14. The molecule has 0 aromatic heterocycles. The molecule has 0 aromatic rings. The van der Waals surface area contributed by atoms with E-state index in [0.717, 1.165) is 0 Å². The number of hydrogen-bond acceptors (Lipinski definition) is 0. The van der Waals surface area contributed by atoms with Crippen LogP contribution in [0.3, 0.4) is 0 Å². The summed E-state index contributed by atoms with van der Waals surface area (Å²) < 4.78 is 33.6. The van der Waals surface area contributed by atoms with Gasteiger partial charge in [-0.25, -0.2) is 8.78 Å². The molecule has 1 unspecified atom stereocenters. The van der Waals surface area contributed by atoms with Gasteiger partial charge in [0.1, 0.15) is 0 Å². The lowest BCUT2D eigenvalue weighted by Crippen LogP contribution is -2.27. The molecule has 0 N–H and O–H groups in total. The zero-order chi connectivity index (χ0) is 6.08. The van der Waals surface area contributed by atoms with E-state index in [0.29, 0.717) is 6.92 Å². The van der Waals surface area contributed by atoms with Gasteiger partial charge in [0.25, 0.3) is 0 Å². The van der Waals surface area contributed by atoms with Crippen LogP contribution in [0.4, 0.5) is 13.2 Å². The summed E-state index contributed by atoms with van der Waals surface area (Å²) in [7, 11) is 4.26. The van der Waals surface area contributed by atoms with E-state index in [1.54, 1.807) is 0 Å². The van der Waals surface area contributed by atoms with Crippen molar-refractivity contribution in [3.63, 3.8) is 0 Å². The van der Waals surface area contributed by atoms with Crippen molar-refractivity contribution in [1.29, 1.82) is 0 Å². The molecule has 0 fully saturated rings. The van der Waals surface area contributed by atoms with Gasteiger partial charge >= 0.3 is 0 Å². The molecule has 0 bridgehead atoms. The van der Waals surface area contributed by atoms with Gasteiger partial charge in [-0.05, 0) is 0 Å². The minimum Gasteiger partial charge on any atom is -0.564 e. The summed E-state index contributed by atoms with van der Waals surface area (Å²) in [5.74, 6) is 0. The first-order chi connectivity index (χ1) is 2.94. The van der Waals surface area contributed by atoms with E-state index < -0.39 is 12.0 Å². The summed E-state index contributed by atoms with van der Waals surface area (Å²) in [5.41, 5.74) is -2.83. The van der Waals surface area contributed by atoms with Crippen LogP contribution >= 0.6 is 0 Å². The van der Waals surface area contributed by atoms with Crippen LogP contribution in [0.5, 0.6) is 0 Å². The van der Waals surface area contributed by atoms with E-state index in [-0.39, 0.29) is 0 Å². The Kier molecular flexibility index (Phi) is 1.72. The second-order valence-corrected chi connectivity index (χ2v) is 1.45. The first-order valence-corrected chi connectivity index (χ1v) is 1.70. The molecule has 0 rings (SSSR count). The molecule has 0 aliphatic heterocycles.